The van der Waals surface area contributed by atoms with Crippen LogP contribution in [0.15, 0.2) is 141 Å². The molecule has 0 unspecified atom stereocenters. The van der Waals surface area contributed by atoms with Crippen molar-refractivity contribution >= 4 is 16.6 Å². The van der Waals surface area contributed by atoms with Crippen molar-refractivity contribution in [2.75, 3.05) is 13.7 Å². The molecule has 0 saturated carbocycles. The Morgan fingerprint density at radius 2 is 0.757 bits per heavy atom. The van der Waals surface area contributed by atoms with E-state index in [4.69, 9.17) is 8.85 Å². The maximum absolute atomic E-state index is 6.50. The van der Waals surface area contributed by atoms with Gasteiger partial charge in [-0.1, -0.05) is 109 Å². The van der Waals surface area contributed by atoms with Crippen LogP contribution in [0.1, 0.15) is 45.4 Å². The van der Waals surface area contributed by atoms with Gasteiger partial charge in [0.2, 0.25) is 0 Å². The summed E-state index contributed by atoms with van der Waals surface area (Å²) in [5, 5.41) is 9.03. The van der Waals surface area contributed by atoms with E-state index in [1.54, 1.807) is 0 Å². The standard InChI is InChI=1S/C17H20OSi.C16H18OSi/c1-2-18-19(15-9-3-4-10-15,16-11-5-6-12-16)17-13-7-8-14-17;1-17-18(14-8-2-3-9-14,15-10-4-5-11-15)16-12-6-7-13-16/h3-9,11,13H,2,10,12,14H2,1H3;2-8,10,12H,9,11,13H2,1H3. The Morgan fingerprint density at radius 1 is 0.486 bits per heavy atom. The highest BCUT2D eigenvalue weighted by atomic mass is 28.4. The molecule has 37 heavy (non-hydrogen) atoms. The van der Waals surface area contributed by atoms with E-state index >= 15 is 0 Å². The first-order valence-corrected chi connectivity index (χ1v) is 17.4. The molecule has 6 rings (SSSR count). The summed E-state index contributed by atoms with van der Waals surface area (Å²) < 4.78 is 12.7. The molecular formula is C33H38O2Si2. The first-order chi connectivity index (χ1) is 18.3. The zero-order valence-corrected chi connectivity index (χ0v) is 24.2. The average Bonchev–Trinajstić information content (AvgIpc) is 3.79. The van der Waals surface area contributed by atoms with Crippen molar-refractivity contribution in [1.82, 2.24) is 0 Å². The highest BCUT2D eigenvalue weighted by Gasteiger charge is 2.47. The summed E-state index contributed by atoms with van der Waals surface area (Å²) in [5.41, 5.74) is 0. The Morgan fingerprint density at radius 3 is 0.946 bits per heavy atom. The summed E-state index contributed by atoms with van der Waals surface area (Å²) in [6.45, 7) is 2.91. The lowest BCUT2D eigenvalue weighted by Crippen LogP contribution is -2.45. The lowest BCUT2D eigenvalue weighted by atomic mass is 10.4. The van der Waals surface area contributed by atoms with Gasteiger partial charge in [-0.2, -0.15) is 0 Å². The van der Waals surface area contributed by atoms with E-state index in [0.717, 1.165) is 45.1 Å². The van der Waals surface area contributed by atoms with Crippen LogP contribution >= 0.6 is 0 Å². The molecule has 2 nitrogen and oxygen atoms in total. The molecule has 0 heterocycles. The highest BCUT2D eigenvalue weighted by Crippen LogP contribution is 2.42. The topological polar surface area (TPSA) is 18.5 Å². The summed E-state index contributed by atoms with van der Waals surface area (Å²) in [4.78, 5) is 0. The van der Waals surface area contributed by atoms with Crippen molar-refractivity contribution in [1.29, 1.82) is 0 Å². The fourth-order valence-electron chi connectivity index (χ4n) is 6.38. The number of hydrogen-bond acceptors (Lipinski definition) is 2. The minimum atomic E-state index is -2.10. The monoisotopic (exact) mass is 522 g/mol. The van der Waals surface area contributed by atoms with E-state index in [9.17, 15) is 0 Å². The van der Waals surface area contributed by atoms with Crippen molar-refractivity contribution in [2.45, 2.75) is 45.4 Å². The van der Waals surface area contributed by atoms with Crippen LogP contribution in [0.5, 0.6) is 0 Å². The van der Waals surface area contributed by atoms with Gasteiger partial charge in [0.1, 0.15) is 0 Å². The predicted octanol–water partition coefficient (Wildman–Crippen LogP) is 8.10. The van der Waals surface area contributed by atoms with Crippen molar-refractivity contribution in [3.8, 4) is 0 Å². The Labute approximate surface area is 224 Å². The predicted molar refractivity (Wildman–Crippen MR) is 161 cm³/mol. The summed E-state index contributed by atoms with van der Waals surface area (Å²) in [5.74, 6) is 0. The Balaban J connectivity index is 0.000000152. The maximum atomic E-state index is 6.50. The third-order valence-corrected chi connectivity index (χ3v) is 17.0. The van der Waals surface area contributed by atoms with Gasteiger partial charge in [0.15, 0.2) is 0 Å². The van der Waals surface area contributed by atoms with Gasteiger partial charge in [-0.3, -0.25) is 0 Å². The van der Waals surface area contributed by atoms with Gasteiger partial charge in [-0.25, -0.2) is 0 Å². The molecule has 6 aliphatic carbocycles. The summed E-state index contributed by atoms with van der Waals surface area (Å²) in [7, 11) is -2.28. The smallest absolute Gasteiger partial charge is 0.276 e. The van der Waals surface area contributed by atoms with Gasteiger partial charge in [-0.05, 0) is 76.6 Å². The van der Waals surface area contributed by atoms with Crippen molar-refractivity contribution in [2.24, 2.45) is 0 Å². The van der Waals surface area contributed by atoms with E-state index in [-0.39, 0.29) is 0 Å². The van der Waals surface area contributed by atoms with E-state index in [1.807, 2.05) is 7.11 Å². The van der Waals surface area contributed by atoms with Gasteiger partial charge in [0, 0.05) is 13.7 Å². The lowest BCUT2D eigenvalue weighted by Gasteiger charge is -2.35. The van der Waals surface area contributed by atoms with E-state index < -0.39 is 16.6 Å². The molecular weight excluding hydrogens is 485 g/mol. The first kappa shape index (κ1) is 25.9. The highest BCUT2D eigenvalue weighted by molar-refractivity contribution is 6.94. The molecule has 0 N–H and O–H groups in total. The molecule has 0 fully saturated rings. The van der Waals surface area contributed by atoms with Gasteiger partial charge in [0.05, 0.1) is 0 Å². The number of hydrogen-bond donors (Lipinski definition) is 0. The zero-order chi connectivity index (χ0) is 25.6. The molecule has 0 spiro atoms. The molecule has 0 saturated heterocycles. The number of allylic oxidation sites excluding steroid dienone is 24. The third-order valence-electron chi connectivity index (χ3n) is 8.01. The molecule has 0 atom stereocenters. The van der Waals surface area contributed by atoms with Crippen molar-refractivity contribution < 1.29 is 8.85 Å². The second kappa shape index (κ2) is 11.7. The summed E-state index contributed by atoms with van der Waals surface area (Å²) in [6, 6.07) is 0. The van der Waals surface area contributed by atoms with Crippen LogP contribution in [-0.4, -0.2) is 30.4 Å². The molecule has 4 heteroatoms. The normalized spacial score (nSPS) is 21.2. The molecule has 0 amide bonds. The van der Waals surface area contributed by atoms with E-state index in [1.165, 1.54) is 31.2 Å². The average molecular weight is 523 g/mol. The van der Waals surface area contributed by atoms with Crippen molar-refractivity contribution in [3.63, 3.8) is 0 Å². The van der Waals surface area contributed by atoms with E-state index in [0.29, 0.717) is 0 Å². The third kappa shape index (κ3) is 4.79. The number of rotatable bonds is 9. The first-order valence-electron chi connectivity index (χ1n) is 13.6. The van der Waals surface area contributed by atoms with Crippen LogP contribution in [0.2, 0.25) is 0 Å². The minimum absolute atomic E-state index is 0.790. The molecule has 0 radical (unpaired) electrons. The fraction of sp³-hybridized carbons (Fsp3) is 0.273. The van der Waals surface area contributed by atoms with E-state index in [2.05, 4.69) is 116 Å². The Bertz CT molecular complexity index is 1120. The van der Waals surface area contributed by atoms with Crippen LogP contribution in [-0.2, 0) is 8.85 Å². The lowest BCUT2D eigenvalue weighted by molar-refractivity contribution is 0.337. The van der Waals surface area contributed by atoms with Gasteiger partial charge in [0.25, 0.3) is 16.6 Å². The SMILES string of the molecule is CCO[Si](C1=CC=CC1)(C1=CC=CC1)C1=CC=CC1.CO[Si](C1=CC=CC1)(C1=CC=CC1)C1=CC=CC1. The van der Waals surface area contributed by atoms with Crippen LogP contribution in [0.4, 0.5) is 0 Å². The van der Waals surface area contributed by atoms with Crippen LogP contribution in [0.3, 0.4) is 0 Å². The molecule has 0 aromatic carbocycles. The molecule has 0 aromatic heterocycles. The van der Waals surface area contributed by atoms with Gasteiger partial charge in [-0.15, -0.1) is 0 Å². The quantitative estimate of drug-likeness (QED) is 0.285. The second-order valence-corrected chi connectivity index (χ2v) is 17.2. The fourth-order valence-corrected chi connectivity index (χ4v) is 15.0. The summed E-state index contributed by atoms with van der Waals surface area (Å²) in [6.07, 6.45) is 46.5. The Hall–Kier alpha value is -2.77. The molecule has 190 valence electrons. The molecule has 0 bridgehead atoms. The van der Waals surface area contributed by atoms with Crippen LogP contribution in [0, 0.1) is 0 Å². The Kier molecular flexibility index (Phi) is 8.21. The second-order valence-electron chi connectivity index (χ2n) is 9.94. The maximum Gasteiger partial charge on any atom is 0.276 e. The molecule has 0 aliphatic heterocycles. The minimum Gasteiger partial charge on any atom is -0.408 e. The molecule has 0 aromatic rings. The van der Waals surface area contributed by atoms with Crippen LogP contribution in [0.25, 0.3) is 0 Å². The van der Waals surface area contributed by atoms with Crippen molar-refractivity contribution in [3.05, 3.63) is 141 Å². The largest absolute Gasteiger partial charge is 0.408 e. The van der Waals surface area contributed by atoms with Gasteiger partial charge >= 0.3 is 0 Å². The van der Waals surface area contributed by atoms with Crippen LogP contribution < -0.4 is 0 Å². The summed E-state index contributed by atoms with van der Waals surface area (Å²) >= 11 is 0. The molecule has 6 aliphatic rings. The zero-order valence-electron chi connectivity index (χ0n) is 22.2. The van der Waals surface area contributed by atoms with Gasteiger partial charge < -0.3 is 8.85 Å².